The van der Waals surface area contributed by atoms with E-state index in [2.05, 4.69) is 4.72 Å². The standard InChI is InChI=1S/C14H19NO5S/c1-9(2)14(17)20-10(3)13(16)11-5-7-12(8-6-11)15-21(4,18)19/h5-10,15H,1-4H3. The van der Waals surface area contributed by atoms with E-state index < -0.39 is 22.1 Å². The zero-order chi connectivity index (χ0) is 16.2. The first-order valence-electron chi connectivity index (χ1n) is 6.42. The van der Waals surface area contributed by atoms with E-state index in [1.165, 1.54) is 31.2 Å². The smallest absolute Gasteiger partial charge is 0.309 e. The van der Waals surface area contributed by atoms with Gasteiger partial charge in [0.1, 0.15) is 0 Å². The minimum absolute atomic E-state index is 0.304. The normalized spacial score (nSPS) is 12.8. The molecule has 1 aromatic carbocycles. The fourth-order valence-corrected chi connectivity index (χ4v) is 2.08. The lowest BCUT2D eigenvalue weighted by Crippen LogP contribution is -2.26. The molecule has 7 heteroatoms. The lowest BCUT2D eigenvalue weighted by Gasteiger charge is -2.14. The molecule has 0 saturated heterocycles. The van der Waals surface area contributed by atoms with Crippen LogP contribution in [0.3, 0.4) is 0 Å². The number of ketones is 1. The van der Waals surface area contributed by atoms with E-state index in [4.69, 9.17) is 4.74 Å². The predicted molar refractivity (Wildman–Crippen MR) is 79.6 cm³/mol. The Labute approximate surface area is 124 Å². The van der Waals surface area contributed by atoms with E-state index in [1.54, 1.807) is 13.8 Å². The Bertz CT molecular complexity index is 619. The fourth-order valence-electron chi connectivity index (χ4n) is 1.52. The number of carbonyl (C=O) groups excluding carboxylic acids is 2. The maximum Gasteiger partial charge on any atom is 0.309 e. The highest BCUT2D eigenvalue weighted by Crippen LogP contribution is 2.14. The van der Waals surface area contributed by atoms with Crippen LogP contribution < -0.4 is 4.72 Å². The second-order valence-electron chi connectivity index (χ2n) is 5.05. The van der Waals surface area contributed by atoms with Gasteiger partial charge in [0.25, 0.3) is 0 Å². The number of Topliss-reactive ketones (excluding diaryl/α,β-unsaturated/α-hetero) is 1. The lowest BCUT2D eigenvalue weighted by molar-refractivity contribution is -0.150. The fraction of sp³-hybridized carbons (Fsp3) is 0.429. The number of sulfonamides is 1. The topological polar surface area (TPSA) is 89.5 Å². The molecule has 1 rings (SSSR count). The molecule has 6 nitrogen and oxygen atoms in total. The van der Waals surface area contributed by atoms with Crippen molar-refractivity contribution in [1.29, 1.82) is 0 Å². The van der Waals surface area contributed by atoms with E-state index in [-0.39, 0.29) is 11.7 Å². The summed E-state index contributed by atoms with van der Waals surface area (Å²) >= 11 is 0. The second kappa shape index (κ2) is 6.71. The lowest BCUT2D eigenvalue weighted by atomic mass is 10.1. The maximum atomic E-state index is 12.1. The third-order valence-electron chi connectivity index (χ3n) is 2.61. The van der Waals surface area contributed by atoms with Crippen LogP contribution in [0.25, 0.3) is 0 Å². The summed E-state index contributed by atoms with van der Waals surface area (Å²) in [5.41, 5.74) is 0.707. The van der Waals surface area contributed by atoms with Crippen LogP contribution in [-0.4, -0.2) is 32.5 Å². The molecule has 1 unspecified atom stereocenters. The average molecular weight is 313 g/mol. The maximum absolute atomic E-state index is 12.1. The van der Waals surface area contributed by atoms with E-state index in [0.29, 0.717) is 11.3 Å². The van der Waals surface area contributed by atoms with Crippen molar-refractivity contribution in [2.24, 2.45) is 5.92 Å². The van der Waals surface area contributed by atoms with Crippen molar-refractivity contribution in [2.45, 2.75) is 26.9 Å². The van der Waals surface area contributed by atoms with Crippen molar-refractivity contribution >= 4 is 27.5 Å². The van der Waals surface area contributed by atoms with Gasteiger partial charge in [-0.25, -0.2) is 8.42 Å². The molecule has 0 bridgehead atoms. The van der Waals surface area contributed by atoms with Crippen LogP contribution in [0.5, 0.6) is 0 Å². The molecule has 1 aromatic rings. The summed E-state index contributed by atoms with van der Waals surface area (Å²) in [6.07, 6.45) is 0.160. The zero-order valence-electron chi connectivity index (χ0n) is 12.4. The third kappa shape index (κ3) is 5.55. The van der Waals surface area contributed by atoms with Gasteiger partial charge in [-0.15, -0.1) is 0 Å². The summed E-state index contributed by atoms with van der Waals surface area (Å²) in [5, 5.41) is 0. The Morgan fingerprint density at radius 2 is 1.62 bits per heavy atom. The van der Waals surface area contributed by atoms with Crippen LogP contribution in [0.4, 0.5) is 5.69 Å². The van der Waals surface area contributed by atoms with E-state index in [9.17, 15) is 18.0 Å². The molecule has 0 amide bonds. The quantitative estimate of drug-likeness (QED) is 0.639. The van der Waals surface area contributed by atoms with Gasteiger partial charge in [0.15, 0.2) is 6.10 Å². The molecule has 0 spiro atoms. The molecule has 116 valence electrons. The van der Waals surface area contributed by atoms with Crippen molar-refractivity contribution in [3.63, 3.8) is 0 Å². The van der Waals surface area contributed by atoms with Gasteiger partial charge in [-0.1, -0.05) is 13.8 Å². The molecule has 0 aromatic heterocycles. The Kier molecular flexibility index (Phi) is 5.48. The van der Waals surface area contributed by atoms with Crippen molar-refractivity contribution in [2.75, 3.05) is 11.0 Å². The molecule has 0 radical (unpaired) electrons. The number of anilines is 1. The van der Waals surface area contributed by atoms with Crippen LogP contribution in [0.2, 0.25) is 0 Å². The number of benzene rings is 1. The van der Waals surface area contributed by atoms with Crippen molar-refractivity contribution < 1.29 is 22.7 Å². The summed E-state index contributed by atoms with van der Waals surface area (Å²) in [4.78, 5) is 23.5. The van der Waals surface area contributed by atoms with Crippen LogP contribution in [-0.2, 0) is 19.6 Å². The monoisotopic (exact) mass is 313 g/mol. The van der Waals surface area contributed by atoms with Crippen molar-refractivity contribution in [3.05, 3.63) is 29.8 Å². The summed E-state index contributed by atoms with van der Waals surface area (Å²) in [5.74, 6) is -1.08. The first-order chi connectivity index (χ1) is 9.60. The Morgan fingerprint density at radius 1 is 1.10 bits per heavy atom. The van der Waals surface area contributed by atoms with Crippen LogP contribution in [0.15, 0.2) is 24.3 Å². The van der Waals surface area contributed by atoms with E-state index in [0.717, 1.165) is 6.26 Å². The van der Waals surface area contributed by atoms with Crippen molar-refractivity contribution in [1.82, 2.24) is 0 Å². The van der Waals surface area contributed by atoms with Gasteiger partial charge in [-0.05, 0) is 31.2 Å². The zero-order valence-corrected chi connectivity index (χ0v) is 13.2. The van der Waals surface area contributed by atoms with Crippen LogP contribution >= 0.6 is 0 Å². The van der Waals surface area contributed by atoms with Gasteiger partial charge in [-0.2, -0.15) is 0 Å². The molecule has 0 heterocycles. The predicted octanol–water partition coefficient (Wildman–Crippen LogP) is 1.83. The highest BCUT2D eigenvalue weighted by molar-refractivity contribution is 7.92. The first-order valence-corrected chi connectivity index (χ1v) is 8.32. The molecular weight excluding hydrogens is 294 g/mol. The number of hydrogen-bond donors (Lipinski definition) is 1. The molecule has 0 fully saturated rings. The van der Waals surface area contributed by atoms with E-state index >= 15 is 0 Å². The largest absolute Gasteiger partial charge is 0.454 e. The van der Waals surface area contributed by atoms with Crippen LogP contribution in [0, 0.1) is 5.92 Å². The molecule has 0 aliphatic carbocycles. The Hall–Kier alpha value is -1.89. The molecule has 0 aliphatic heterocycles. The molecule has 0 saturated carbocycles. The van der Waals surface area contributed by atoms with Crippen LogP contribution in [0.1, 0.15) is 31.1 Å². The number of ether oxygens (including phenoxy) is 1. The molecule has 1 N–H and O–H groups in total. The highest BCUT2D eigenvalue weighted by atomic mass is 32.2. The minimum Gasteiger partial charge on any atom is -0.454 e. The van der Waals surface area contributed by atoms with Crippen molar-refractivity contribution in [3.8, 4) is 0 Å². The average Bonchev–Trinajstić information content (AvgIpc) is 2.36. The number of hydrogen-bond acceptors (Lipinski definition) is 5. The van der Waals surface area contributed by atoms with Gasteiger partial charge in [0.2, 0.25) is 15.8 Å². The number of esters is 1. The third-order valence-corrected chi connectivity index (χ3v) is 3.21. The molecular formula is C14H19NO5S. The van der Waals surface area contributed by atoms with Gasteiger partial charge in [0.05, 0.1) is 12.2 Å². The summed E-state index contributed by atoms with van der Waals surface area (Å²) in [6.45, 7) is 4.88. The minimum atomic E-state index is -3.36. The van der Waals surface area contributed by atoms with Gasteiger partial charge in [-0.3, -0.25) is 14.3 Å². The van der Waals surface area contributed by atoms with Gasteiger partial charge in [0, 0.05) is 11.3 Å². The number of carbonyl (C=O) groups is 2. The summed E-state index contributed by atoms with van der Waals surface area (Å²) < 4.78 is 29.5. The molecule has 1 atom stereocenters. The summed E-state index contributed by atoms with van der Waals surface area (Å²) in [6, 6.07) is 5.92. The van der Waals surface area contributed by atoms with Gasteiger partial charge < -0.3 is 4.74 Å². The Morgan fingerprint density at radius 3 is 2.05 bits per heavy atom. The molecule has 0 aliphatic rings. The SMILES string of the molecule is CC(C)C(=O)OC(C)C(=O)c1ccc(NS(C)(=O)=O)cc1. The highest BCUT2D eigenvalue weighted by Gasteiger charge is 2.21. The second-order valence-corrected chi connectivity index (χ2v) is 6.80. The number of rotatable bonds is 6. The summed E-state index contributed by atoms with van der Waals surface area (Å²) in [7, 11) is -3.36. The number of nitrogens with one attached hydrogen (secondary N) is 1. The van der Waals surface area contributed by atoms with Gasteiger partial charge >= 0.3 is 5.97 Å². The molecule has 21 heavy (non-hydrogen) atoms. The van der Waals surface area contributed by atoms with E-state index in [1.807, 2.05) is 0 Å². The Balaban J connectivity index is 2.77. The first kappa shape index (κ1) is 17.2.